The van der Waals surface area contributed by atoms with Gasteiger partial charge in [-0.2, -0.15) is 0 Å². The topological polar surface area (TPSA) is 93.1 Å². The van der Waals surface area contributed by atoms with Gasteiger partial charge in [0.15, 0.2) is 0 Å². The van der Waals surface area contributed by atoms with Crippen LogP contribution in [0.4, 0.5) is 0 Å². The second-order valence-corrected chi connectivity index (χ2v) is 4.98. The molecule has 2 atom stereocenters. The second kappa shape index (κ2) is 4.16. The number of benzene rings is 1. The zero-order valence-corrected chi connectivity index (χ0v) is 11.5. The van der Waals surface area contributed by atoms with E-state index in [4.69, 9.17) is 9.47 Å². The lowest BCUT2D eigenvalue weighted by molar-refractivity contribution is -0.236. The van der Waals surface area contributed by atoms with E-state index in [1.807, 2.05) is 0 Å². The number of hydrogen-bond donors (Lipinski definition) is 2. The van der Waals surface area contributed by atoms with Gasteiger partial charge in [-0.25, -0.2) is 4.79 Å². The Morgan fingerprint density at radius 3 is 2.67 bits per heavy atom. The smallest absolute Gasteiger partial charge is 0.341 e. The first kappa shape index (κ1) is 13.8. The first-order valence-corrected chi connectivity index (χ1v) is 6.54. The van der Waals surface area contributed by atoms with Crippen molar-refractivity contribution in [2.75, 3.05) is 6.61 Å². The molecule has 1 aliphatic carbocycles. The third kappa shape index (κ3) is 1.43. The second-order valence-electron chi connectivity index (χ2n) is 4.98. The Morgan fingerprint density at radius 2 is 2.00 bits per heavy atom. The molecule has 2 aliphatic rings. The Bertz CT molecular complexity index is 691. The zero-order chi connectivity index (χ0) is 15.4. The number of carbonyl (C=O) groups excluding carboxylic acids is 2. The van der Waals surface area contributed by atoms with E-state index in [9.17, 15) is 19.8 Å². The van der Waals surface area contributed by atoms with Gasteiger partial charge in [0.25, 0.3) is 5.79 Å². The van der Waals surface area contributed by atoms with Gasteiger partial charge in [-0.15, -0.1) is 0 Å². The van der Waals surface area contributed by atoms with Crippen LogP contribution in [-0.2, 0) is 20.1 Å². The molecule has 0 aromatic heterocycles. The van der Waals surface area contributed by atoms with E-state index in [0.29, 0.717) is 0 Å². The lowest BCUT2D eigenvalue weighted by Gasteiger charge is -2.30. The van der Waals surface area contributed by atoms with Crippen LogP contribution in [0.2, 0.25) is 0 Å². The molecule has 0 unspecified atom stereocenters. The number of ketones is 1. The van der Waals surface area contributed by atoms with Gasteiger partial charge >= 0.3 is 5.97 Å². The number of hydrogen-bond acceptors (Lipinski definition) is 6. The van der Waals surface area contributed by atoms with E-state index in [1.165, 1.54) is 19.1 Å². The zero-order valence-electron chi connectivity index (χ0n) is 11.5. The molecule has 0 saturated carbocycles. The Balaban J connectivity index is 2.21. The summed E-state index contributed by atoms with van der Waals surface area (Å²) in [5, 5.41) is 21.6. The molecule has 0 saturated heterocycles. The van der Waals surface area contributed by atoms with Crippen LogP contribution in [0, 0.1) is 0 Å². The minimum Gasteiger partial charge on any atom is -0.462 e. The highest BCUT2D eigenvalue weighted by Crippen LogP contribution is 2.54. The number of carbonyl (C=O) groups is 2. The summed E-state index contributed by atoms with van der Waals surface area (Å²) in [6.45, 7) is 3.08. The molecule has 110 valence electrons. The van der Waals surface area contributed by atoms with E-state index >= 15 is 0 Å². The fourth-order valence-corrected chi connectivity index (χ4v) is 2.95. The molecule has 1 aliphatic heterocycles. The monoisotopic (exact) mass is 290 g/mol. The summed E-state index contributed by atoms with van der Waals surface area (Å²) in [5.41, 5.74) is -2.58. The standard InChI is InChI=1S/C15H14O6/c1-3-20-13(17)11-8(2)21-15(19)10-7-5-4-6-9(10)12(16)14(11,15)18/h4-7,18-19H,3H2,1-2H3/t14-,15+/m0/s1. The molecule has 0 radical (unpaired) electrons. The first-order chi connectivity index (χ1) is 9.88. The van der Waals surface area contributed by atoms with Gasteiger partial charge in [0.1, 0.15) is 11.3 Å². The summed E-state index contributed by atoms with van der Waals surface area (Å²) in [7, 11) is 0. The Labute approximate surface area is 120 Å². The van der Waals surface area contributed by atoms with Crippen LogP contribution in [0.1, 0.15) is 29.8 Å². The summed E-state index contributed by atoms with van der Waals surface area (Å²) in [6, 6.07) is 6.15. The number of aliphatic hydroxyl groups is 2. The van der Waals surface area contributed by atoms with Gasteiger partial charge in [0.05, 0.1) is 6.61 Å². The van der Waals surface area contributed by atoms with Gasteiger partial charge in [0, 0.05) is 11.1 Å². The van der Waals surface area contributed by atoms with E-state index < -0.39 is 23.1 Å². The number of esters is 1. The molecule has 2 N–H and O–H groups in total. The fraction of sp³-hybridized carbons (Fsp3) is 0.333. The molecule has 0 amide bonds. The highest BCUT2D eigenvalue weighted by Gasteiger charge is 2.72. The summed E-state index contributed by atoms with van der Waals surface area (Å²) >= 11 is 0. The SMILES string of the molecule is CCOC(=O)C1=C(C)O[C@]2(O)c3ccccc3C(=O)[C@@]12O. The first-order valence-electron chi connectivity index (χ1n) is 6.54. The minimum atomic E-state index is -2.48. The highest BCUT2D eigenvalue weighted by molar-refractivity contribution is 6.15. The molecule has 1 heterocycles. The van der Waals surface area contributed by atoms with Crippen LogP contribution in [0.15, 0.2) is 35.6 Å². The molecule has 6 nitrogen and oxygen atoms in total. The third-order valence-corrected chi connectivity index (χ3v) is 3.85. The van der Waals surface area contributed by atoms with Gasteiger partial charge in [0.2, 0.25) is 11.4 Å². The predicted octanol–water partition coefficient (Wildman–Crippen LogP) is 0.626. The lowest BCUT2D eigenvalue weighted by Crippen LogP contribution is -2.52. The van der Waals surface area contributed by atoms with E-state index in [1.54, 1.807) is 19.1 Å². The molecular weight excluding hydrogens is 276 g/mol. The maximum atomic E-state index is 12.5. The Morgan fingerprint density at radius 1 is 1.33 bits per heavy atom. The van der Waals surface area contributed by atoms with Crippen molar-refractivity contribution in [2.45, 2.75) is 25.2 Å². The summed E-state index contributed by atoms with van der Waals surface area (Å²) in [4.78, 5) is 24.6. The van der Waals surface area contributed by atoms with E-state index in [-0.39, 0.29) is 29.1 Å². The number of ether oxygens (including phenoxy) is 2. The minimum absolute atomic E-state index is 0.0266. The van der Waals surface area contributed by atoms with Gasteiger partial charge in [-0.3, -0.25) is 4.79 Å². The number of Topliss-reactive ketones (excluding diaryl/α,β-unsaturated/α-hetero) is 1. The Kier molecular flexibility index (Phi) is 2.73. The van der Waals surface area contributed by atoms with Crippen molar-refractivity contribution in [3.8, 4) is 0 Å². The van der Waals surface area contributed by atoms with Crippen LogP contribution >= 0.6 is 0 Å². The van der Waals surface area contributed by atoms with Crippen molar-refractivity contribution >= 4 is 11.8 Å². The molecule has 0 fully saturated rings. The molecule has 3 rings (SSSR count). The average molecular weight is 290 g/mol. The molecule has 6 heteroatoms. The van der Waals surface area contributed by atoms with Crippen LogP contribution in [0.3, 0.4) is 0 Å². The van der Waals surface area contributed by atoms with Crippen LogP contribution in [0.25, 0.3) is 0 Å². The van der Waals surface area contributed by atoms with Crippen molar-refractivity contribution in [2.24, 2.45) is 0 Å². The van der Waals surface area contributed by atoms with Gasteiger partial charge < -0.3 is 19.7 Å². The molecule has 1 aromatic carbocycles. The van der Waals surface area contributed by atoms with Crippen molar-refractivity contribution in [3.05, 3.63) is 46.7 Å². The summed E-state index contributed by atoms with van der Waals surface area (Å²) in [5.74, 6) is -3.98. The third-order valence-electron chi connectivity index (χ3n) is 3.85. The largest absolute Gasteiger partial charge is 0.462 e. The predicted molar refractivity (Wildman–Crippen MR) is 70.0 cm³/mol. The van der Waals surface area contributed by atoms with Crippen LogP contribution < -0.4 is 0 Å². The summed E-state index contributed by atoms with van der Waals surface area (Å²) in [6.07, 6.45) is 0. The lowest BCUT2D eigenvalue weighted by atomic mass is 9.86. The van der Waals surface area contributed by atoms with E-state index in [0.717, 1.165) is 0 Å². The van der Waals surface area contributed by atoms with Crippen molar-refractivity contribution in [3.63, 3.8) is 0 Å². The van der Waals surface area contributed by atoms with Crippen molar-refractivity contribution in [1.29, 1.82) is 0 Å². The van der Waals surface area contributed by atoms with Gasteiger partial charge in [-0.05, 0) is 13.8 Å². The van der Waals surface area contributed by atoms with Crippen LogP contribution in [0.5, 0.6) is 0 Å². The quantitative estimate of drug-likeness (QED) is 0.776. The number of fused-ring (bicyclic) bond motifs is 3. The number of allylic oxidation sites excluding steroid dienone is 1. The number of rotatable bonds is 2. The summed E-state index contributed by atoms with van der Waals surface area (Å²) < 4.78 is 10.2. The normalized spacial score (nSPS) is 30.0. The molecule has 0 spiro atoms. The highest BCUT2D eigenvalue weighted by atomic mass is 16.7. The Hall–Kier alpha value is -2.18. The fourth-order valence-electron chi connectivity index (χ4n) is 2.95. The molecule has 0 bridgehead atoms. The van der Waals surface area contributed by atoms with Crippen molar-refractivity contribution < 1.29 is 29.3 Å². The maximum absolute atomic E-state index is 12.5. The average Bonchev–Trinajstić information content (AvgIpc) is 2.75. The maximum Gasteiger partial charge on any atom is 0.341 e. The molecule has 1 aromatic rings. The van der Waals surface area contributed by atoms with E-state index in [2.05, 4.69) is 0 Å². The molecular formula is C15H14O6. The van der Waals surface area contributed by atoms with Crippen molar-refractivity contribution in [1.82, 2.24) is 0 Å². The molecule has 21 heavy (non-hydrogen) atoms. The van der Waals surface area contributed by atoms with Gasteiger partial charge in [-0.1, -0.05) is 24.3 Å². The van der Waals surface area contributed by atoms with Crippen LogP contribution in [-0.4, -0.2) is 34.2 Å².